The maximum absolute atomic E-state index is 8.63. The van der Waals surface area contributed by atoms with E-state index in [1.165, 1.54) is 0 Å². The highest BCUT2D eigenvalue weighted by Gasteiger charge is 2.06. The van der Waals surface area contributed by atoms with Crippen molar-refractivity contribution < 1.29 is 0 Å². The van der Waals surface area contributed by atoms with Crippen molar-refractivity contribution in [3.63, 3.8) is 0 Å². The number of pyridine rings is 1. The van der Waals surface area contributed by atoms with E-state index >= 15 is 0 Å². The Morgan fingerprint density at radius 2 is 2.38 bits per heavy atom. The molecule has 0 N–H and O–H groups in total. The lowest BCUT2D eigenvalue weighted by molar-refractivity contribution is 1.18. The van der Waals surface area contributed by atoms with Gasteiger partial charge in [-0.3, -0.25) is 0 Å². The minimum atomic E-state index is 0.379. The van der Waals surface area contributed by atoms with Crippen LogP contribution in [-0.2, 0) is 0 Å². The van der Waals surface area contributed by atoms with Crippen LogP contribution in [-0.4, -0.2) is 9.38 Å². The Labute approximate surface area is 93.1 Å². The van der Waals surface area contributed by atoms with Crippen LogP contribution in [0.15, 0.2) is 18.5 Å². The monoisotopic (exact) mass is 303 g/mol. The summed E-state index contributed by atoms with van der Waals surface area (Å²) < 4.78 is 2.67. The number of rotatable bonds is 0. The first-order valence-electron chi connectivity index (χ1n) is 3.45. The highest BCUT2D eigenvalue weighted by atomic mass is 127. The number of hydrogen-bond acceptors (Lipinski definition) is 2. The molecule has 2 heterocycles. The lowest BCUT2D eigenvalue weighted by Gasteiger charge is -1.96. The fourth-order valence-electron chi connectivity index (χ4n) is 1.05. The molecule has 0 bridgehead atoms. The van der Waals surface area contributed by atoms with Gasteiger partial charge in [0.05, 0.1) is 5.02 Å². The van der Waals surface area contributed by atoms with Crippen molar-refractivity contribution in [2.24, 2.45) is 0 Å². The molecule has 0 fully saturated rings. The minimum Gasteiger partial charge on any atom is -0.304 e. The van der Waals surface area contributed by atoms with Gasteiger partial charge < -0.3 is 4.40 Å². The fourth-order valence-corrected chi connectivity index (χ4v) is 1.65. The molecule has 0 spiro atoms. The van der Waals surface area contributed by atoms with Crippen LogP contribution in [0.2, 0.25) is 5.02 Å². The molecular formula is C8H3ClIN3. The van der Waals surface area contributed by atoms with Crippen molar-refractivity contribution >= 4 is 39.8 Å². The lowest BCUT2D eigenvalue weighted by atomic mass is 10.5. The molecule has 0 radical (unpaired) electrons. The van der Waals surface area contributed by atoms with Crippen molar-refractivity contribution in [2.75, 3.05) is 0 Å². The average Bonchev–Trinajstić information content (AvgIpc) is 2.55. The number of aromatic nitrogens is 2. The summed E-state index contributed by atoms with van der Waals surface area (Å²) in [4.78, 5) is 4.06. The van der Waals surface area contributed by atoms with Crippen molar-refractivity contribution in [3.05, 3.63) is 32.7 Å². The molecule has 0 aliphatic heterocycles. The average molecular weight is 303 g/mol. The topological polar surface area (TPSA) is 41.1 Å². The molecule has 5 heteroatoms. The molecule has 2 rings (SSSR count). The van der Waals surface area contributed by atoms with Crippen LogP contribution in [0.4, 0.5) is 0 Å². The van der Waals surface area contributed by atoms with Crippen molar-refractivity contribution in [3.8, 4) is 6.07 Å². The van der Waals surface area contributed by atoms with Gasteiger partial charge in [-0.1, -0.05) is 11.6 Å². The summed E-state index contributed by atoms with van der Waals surface area (Å²) in [6.07, 6.45) is 3.48. The minimum absolute atomic E-state index is 0.379. The van der Waals surface area contributed by atoms with Gasteiger partial charge in [-0.05, 0) is 28.7 Å². The van der Waals surface area contributed by atoms with Crippen molar-refractivity contribution in [1.29, 1.82) is 5.26 Å². The second kappa shape index (κ2) is 3.16. The molecule has 64 valence electrons. The van der Waals surface area contributed by atoms with Crippen LogP contribution in [0.1, 0.15) is 5.69 Å². The Balaban J connectivity index is 2.86. The molecule has 0 atom stereocenters. The number of hydrogen-bond donors (Lipinski definition) is 0. The number of nitrogens with zero attached hydrogens (tertiary/aromatic N) is 3. The Hall–Kier alpha value is -0.800. The third-order valence-electron chi connectivity index (χ3n) is 1.63. The van der Waals surface area contributed by atoms with Gasteiger partial charge in [0, 0.05) is 16.0 Å². The zero-order chi connectivity index (χ0) is 9.42. The summed E-state index contributed by atoms with van der Waals surface area (Å²) in [6, 6.07) is 3.84. The van der Waals surface area contributed by atoms with Crippen LogP contribution in [0.3, 0.4) is 0 Å². The molecule has 3 nitrogen and oxygen atoms in total. The molecule has 2 aromatic heterocycles. The number of fused-ring (bicyclic) bond motifs is 1. The first-order chi connectivity index (χ1) is 6.22. The Morgan fingerprint density at radius 1 is 1.62 bits per heavy atom. The number of nitriles is 1. The van der Waals surface area contributed by atoms with E-state index in [1.54, 1.807) is 10.6 Å². The van der Waals surface area contributed by atoms with Crippen LogP contribution < -0.4 is 0 Å². The molecule has 0 aliphatic carbocycles. The van der Waals surface area contributed by atoms with Crippen molar-refractivity contribution in [2.45, 2.75) is 0 Å². The van der Waals surface area contributed by atoms with E-state index in [0.29, 0.717) is 16.4 Å². The highest BCUT2D eigenvalue weighted by Crippen LogP contribution is 2.22. The van der Waals surface area contributed by atoms with Gasteiger partial charge in [0.2, 0.25) is 0 Å². The molecule has 2 aromatic rings. The summed E-state index contributed by atoms with van der Waals surface area (Å²) in [6.45, 7) is 0. The van der Waals surface area contributed by atoms with E-state index < -0.39 is 0 Å². The van der Waals surface area contributed by atoms with Gasteiger partial charge in [0.1, 0.15) is 6.07 Å². The Bertz CT molecular complexity index is 512. The quantitative estimate of drug-likeness (QED) is 0.702. The van der Waals surface area contributed by atoms with E-state index in [2.05, 4.69) is 27.6 Å². The fraction of sp³-hybridized carbons (Fsp3) is 0. The zero-order valence-corrected chi connectivity index (χ0v) is 9.24. The van der Waals surface area contributed by atoms with E-state index in [1.807, 2.05) is 18.3 Å². The van der Waals surface area contributed by atoms with Gasteiger partial charge >= 0.3 is 0 Å². The SMILES string of the molecule is N#Cc1cn2ccc(I)c(Cl)c2n1. The van der Waals surface area contributed by atoms with Crippen LogP contribution in [0.25, 0.3) is 5.65 Å². The summed E-state index contributed by atoms with van der Waals surface area (Å²) in [5.74, 6) is 0. The van der Waals surface area contributed by atoms with Gasteiger partial charge in [0.25, 0.3) is 0 Å². The smallest absolute Gasteiger partial charge is 0.159 e. The summed E-state index contributed by atoms with van der Waals surface area (Å²) in [7, 11) is 0. The second-order valence-electron chi connectivity index (χ2n) is 2.45. The molecule has 0 saturated carbocycles. The van der Waals surface area contributed by atoms with E-state index in [9.17, 15) is 0 Å². The molecule has 13 heavy (non-hydrogen) atoms. The summed E-state index contributed by atoms with van der Waals surface area (Å²) in [5, 5.41) is 9.22. The number of imidazole rings is 1. The molecule has 0 saturated heterocycles. The Kier molecular flexibility index (Phi) is 2.14. The summed E-state index contributed by atoms with van der Waals surface area (Å²) >= 11 is 8.12. The van der Waals surface area contributed by atoms with Gasteiger partial charge in [-0.2, -0.15) is 5.26 Å². The van der Waals surface area contributed by atoms with Gasteiger partial charge in [-0.15, -0.1) is 0 Å². The predicted octanol–water partition coefficient (Wildman–Crippen LogP) is 2.46. The third kappa shape index (κ3) is 1.38. The van der Waals surface area contributed by atoms with Gasteiger partial charge in [-0.25, -0.2) is 4.98 Å². The molecule has 0 unspecified atom stereocenters. The maximum atomic E-state index is 8.63. The standard InChI is InChI=1S/C8H3ClIN3/c9-7-6(10)1-2-13-4-5(3-11)12-8(7)13/h1-2,4H. The van der Waals surface area contributed by atoms with Crippen LogP contribution in [0.5, 0.6) is 0 Å². The van der Waals surface area contributed by atoms with Gasteiger partial charge in [0.15, 0.2) is 11.3 Å². The van der Waals surface area contributed by atoms with E-state index in [-0.39, 0.29) is 0 Å². The number of halogens is 2. The van der Waals surface area contributed by atoms with Crippen LogP contribution in [0, 0.1) is 14.9 Å². The molecule has 0 aromatic carbocycles. The highest BCUT2D eigenvalue weighted by molar-refractivity contribution is 14.1. The maximum Gasteiger partial charge on any atom is 0.159 e. The van der Waals surface area contributed by atoms with Crippen LogP contribution >= 0.6 is 34.2 Å². The third-order valence-corrected chi connectivity index (χ3v) is 3.22. The van der Waals surface area contributed by atoms with Crippen molar-refractivity contribution in [1.82, 2.24) is 9.38 Å². The molecule has 0 aliphatic rings. The second-order valence-corrected chi connectivity index (χ2v) is 3.99. The zero-order valence-electron chi connectivity index (χ0n) is 6.33. The van der Waals surface area contributed by atoms with E-state index in [4.69, 9.17) is 16.9 Å². The molecular weight excluding hydrogens is 300 g/mol. The largest absolute Gasteiger partial charge is 0.304 e. The predicted molar refractivity (Wildman–Crippen MR) is 57.6 cm³/mol. The molecule has 0 amide bonds. The first-order valence-corrected chi connectivity index (χ1v) is 4.91. The lowest BCUT2D eigenvalue weighted by Crippen LogP contribution is -1.85. The Morgan fingerprint density at radius 3 is 3.08 bits per heavy atom. The normalized spacial score (nSPS) is 10.2. The van der Waals surface area contributed by atoms with E-state index in [0.717, 1.165) is 3.57 Å². The first kappa shape index (κ1) is 8.78. The summed E-state index contributed by atoms with van der Waals surface area (Å²) in [5.41, 5.74) is 1.01.